The highest BCUT2D eigenvalue weighted by atomic mass is 16.6. The van der Waals surface area contributed by atoms with E-state index in [2.05, 4.69) is 11.9 Å². The van der Waals surface area contributed by atoms with Gasteiger partial charge in [-0.25, -0.2) is 4.79 Å². The summed E-state index contributed by atoms with van der Waals surface area (Å²) in [5.74, 6) is -0.190. The summed E-state index contributed by atoms with van der Waals surface area (Å²) in [6.45, 7) is 10.6. The van der Waals surface area contributed by atoms with Gasteiger partial charge in [0.25, 0.3) is 0 Å². The molecule has 0 aliphatic heterocycles. The van der Waals surface area contributed by atoms with Gasteiger partial charge in [0.2, 0.25) is 0 Å². The maximum Gasteiger partial charge on any atom is 0.408 e. The molecule has 4 heteroatoms. The Kier molecular flexibility index (Phi) is 5.70. The molecule has 0 saturated carbocycles. The van der Waals surface area contributed by atoms with Gasteiger partial charge in [0.15, 0.2) is 5.78 Å². The summed E-state index contributed by atoms with van der Waals surface area (Å²) in [4.78, 5) is 24.0. The largest absolute Gasteiger partial charge is 0.444 e. The number of alkyl carbamates (subject to hydrolysis) is 1. The summed E-state index contributed by atoms with van der Waals surface area (Å²) in [7, 11) is 0. The van der Waals surface area contributed by atoms with Crippen molar-refractivity contribution in [1.82, 2.24) is 5.32 Å². The predicted molar refractivity (Wildman–Crippen MR) is 83.1 cm³/mol. The van der Waals surface area contributed by atoms with Crippen molar-refractivity contribution in [3.63, 3.8) is 0 Å². The summed E-state index contributed by atoms with van der Waals surface area (Å²) in [5.41, 5.74) is 0.772. The number of carbonyl (C=O) groups excluding carboxylic acids is 2. The number of hydrogen-bond acceptors (Lipinski definition) is 3. The number of ether oxygens (including phenoxy) is 1. The number of hydrogen-bond donors (Lipinski definition) is 1. The second kappa shape index (κ2) is 7.07. The van der Waals surface area contributed by atoms with Gasteiger partial charge >= 0.3 is 6.09 Å². The van der Waals surface area contributed by atoms with Crippen LogP contribution in [-0.2, 0) is 16.0 Å². The molecule has 1 atom stereocenters. The molecular weight excluding hydrogens is 266 g/mol. The van der Waals surface area contributed by atoms with Crippen LogP contribution in [0.15, 0.2) is 42.5 Å². The number of benzene rings is 1. The van der Waals surface area contributed by atoms with Crippen LogP contribution in [-0.4, -0.2) is 23.5 Å². The molecule has 0 fully saturated rings. The molecular formula is C17H23NO3. The fraction of sp³-hybridized carbons (Fsp3) is 0.412. The van der Waals surface area contributed by atoms with Gasteiger partial charge in [-0.15, -0.1) is 0 Å². The maximum atomic E-state index is 12.2. The van der Waals surface area contributed by atoms with E-state index >= 15 is 0 Å². The Balaban J connectivity index is 2.81. The molecule has 0 bridgehead atoms. The van der Waals surface area contributed by atoms with Gasteiger partial charge in [0, 0.05) is 6.42 Å². The van der Waals surface area contributed by atoms with E-state index in [0.29, 0.717) is 12.0 Å². The van der Waals surface area contributed by atoms with Gasteiger partial charge in [0.1, 0.15) is 5.60 Å². The van der Waals surface area contributed by atoms with Gasteiger partial charge in [0.05, 0.1) is 6.04 Å². The fourth-order valence-electron chi connectivity index (χ4n) is 1.81. The number of Topliss-reactive ketones (excluding diaryl/α,β-unsaturated/α-hetero) is 1. The second-order valence-electron chi connectivity index (χ2n) is 6.03. The molecule has 1 aromatic rings. The van der Waals surface area contributed by atoms with Crippen molar-refractivity contribution < 1.29 is 14.3 Å². The third-order valence-electron chi connectivity index (χ3n) is 2.71. The van der Waals surface area contributed by atoms with E-state index in [1.807, 2.05) is 30.3 Å². The lowest BCUT2D eigenvalue weighted by Crippen LogP contribution is -2.45. The van der Waals surface area contributed by atoms with E-state index < -0.39 is 17.7 Å². The van der Waals surface area contributed by atoms with Crippen LogP contribution in [0, 0.1) is 0 Å². The molecule has 4 nitrogen and oxygen atoms in total. The maximum absolute atomic E-state index is 12.2. The Morgan fingerprint density at radius 1 is 1.24 bits per heavy atom. The Labute approximate surface area is 126 Å². The highest BCUT2D eigenvalue weighted by molar-refractivity contribution is 6.00. The highest BCUT2D eigenvalue weighted by Gasteiger charge is 2.24. The first-order valence-electron chi connectivity index (χ1n) is 6.92. The highest BCUT2D eigenvalue weighted by Crippen LogP contribution is 2.10. The summed E-state index contributed by atoms with van der Waals surface area (Å²) in [5, 5.41) is 2.63. The van der Waals surface area contributed by atoms with Crippen LogP contribution in [0.3, 0.4) is 0 Å². The van der Waals surface area contributed by atoms with Gasteiger partial charge < -0.3 is 10.1 Å². The first kappa shape index (κ1) is 17.0. The average Bonchev–Trinajstić information content (AvgIpc) is 2.36. The Bertz CT molecular complexity index is 515. The minimum Gasteiger partial charge on any atom is -0.444 e. The molecule has 1 aromatic carbocycles. The minimum atomic E-state index is -0.667. The predicted octanol–water partition coefficient (Wildman–Crippen LogP) is 3.27. The zero-order valence-corrected chi connectivity index (χ0v) is 13.1. The van der Waals surface area contributed by atoms with E-state index in [1.54, 1.807) is 27.7 Å². The molecule has 21 heavy (non-hydrogen) atoms. The second-order valence-corrected chi connectivity index (χ2v) is 6.03. The van der Waals surface area contributed by atoms with Gasteiger partial charge in [-0.2, -0.15) is 0 Å². The summed E-state index contributed by atoms with van der Waals surface area (Å²) < 4.78 is 5.20. The van der Waals surface area contributed by atoms with Crippen molar-refractivity contribution in [2.24, 2.45) is 0 Å². The molecule has 0 heterocycles. The van der Waals surface area contributed by atoms with Crippen molar-refractivity contribution >= 4 is 11.9 Å². The zero-order valence-electron chi connectivity index (χ0n) is 13.1. The fourth-order valence-corrected chi connectivity index (χ4v) is 1.81. The Hall–Kier alpha value is -2.10. The third kappa shape index (κ3) is 6.25. The molecule has 1 amide bonds. The molecule has 114 valence electrons. The molecule has 0 spiro atoms. The van der Waals surface area contributed by atoms with Crippen LogP contribution in [0.2, 0.25) is 0 Å². The molecule has 0 saturated heterocycles. The van der Waals surface area contributed by atoms with Crippen LogP contribution >= 0.6 is 0 Å². The average molecular weight is 289 g/mol. The van der Waals surface area contributed by atoms with E-state index in [1.165, 1.54) is 0 Å². The van der Waals surface area contributed by atoms with E-state index in [9.17, 15) is 9.59 Å². The minimum absolute atomic E-state index is 0.190. The summed E-state index contributed by atoms with van der Waals surface area (Å²) in [6.07, 6.45) is -0.191. The van der Waals surface area contributed by atoms with Gasteiger partial charge in [-0.1, -0.05) is 36.9 Å². The zero-order chi connectivity index (χ0) is 16.0. The number of ketones is 1. The van der Waals surface area contributed by atoms with Crippen molar-refractivity contribution in [3.05, 3.63) is 48.0 Å². The lowest BCUT2D eigenvalue weighted by atomic mass is 9.99. The van der Waals surface area contributed by atoms with Crippen LogP contribution in [0.4, 0.5) is 4.79 Å². The summed E-state index contributed by atoms with van der Waals surface area (Å²) in [6, 6.07) is 8.85. The molecule has 0 radical (unpaired) electrons. The van der Waals surface area contributed by atoms with E-state index in [-0.39, 0.29) is 5.78 Å². The monoisotopic (exact) mass is 289 g/mol. The summed E-state index contributed by atoms with van der Waals surface area (Å²) >= 11 is 0. The molecule has 1 unspecified atom stereocenters. The van der Waals surface area contributed by atoms with Gasteiger partial charge in [-0.05, 0) is 38.8 Å². The smallest absolute Gasteiger partial charge is 0.408 e. The van der Waals surface area contributed by atoms with Crippen LogP contribution in [0.5, 0.6) is 0 Å². The Morgan fingerprint density at radius 3 is 2.29 bits per heavy atom. The van der Waals surface area contributed by atoms with Gasteiger partial charge in [-0.3, -0.25) is 4.79 Å². The molecule has 1 N–H and O–H groups in total. The van der Waals surface area contributed by atoms with Crippen molar-refractivity contribution in [2.75, 3.05) is 0 Å². The lowest BCUT2D eigenvalue weighted by Gasteiger charge is -2.23. The van der Waals surface area contributed by atoms with Crippen molar-refractivity contribution in [2.45, 2.75) is 45.8 Å². The molecule has 0 aliphatic carbocycles. The number of nitrogens with one attached hydrogen (secondary N) is 1. The van der Waals surface area contributed by atoms with E-state index in [4.69, 9.17) is 4.74 Å². The molecule has 0 aromatic heterocycles. The first-order valence-corrected chi connectivity index (χ1v) is 6.92. The normalized spacial score (nSPS) is 12.4. The van der Waals surface area contributed by atoms with Crippen LogP contribution < -0.4 is 5.32 Å². The topological polar surface area (TPSA) is 55.4 Å². The quantitative estimate of drug-likeness (QED) is 0.846. The third-order valence-corrected chi connectivity index (χ3v) is 2.71. The molecule has 1 rings (SSSR count). The first-order chi connectivity index (χ1) is 9.69. The van der Waals surface area contributed by atoms with Crippen LogP contribution in [0.1, 0.15) is 33.3 Å². The number of amides is 1. The van der Waals surface area contributed by atoms with Crippen molar-refractivity contribution in [3.8, 4) is 0 Å². The lowest BCUT2D eigenvalue weighted by molar-refractivity contribution is -0.117. The number of rotatable bonds is 5. The van der Waals surface area contributed by atoms with Crippen LogP contribution in [0.25, 0.3) is 0 Å². The SMILES string of the molecule is C=C(C)C(=O)C(Cc1ccccc1)NC(=O)OC(C)(C)C. The Morgan fingerprint density at radius 2 is 1.81 bits per heavy atom. The number of carbonyl (C=O) groups is 2. The van der Waals surface area contributed by atoms with E-state index in [0.717, 1.165) is 5.56 Å². The molecule has 0 aliphatic rings. The van der Waals surface area contributed by atoms with Crippen molar-refractivity contribution in [1.29, 1.82) is 0 Å². The standard InChI is InChI=1S/C17H23NO3/c1-12(2)15(19)14(11-13-9-7-6-8-10-13)18-16(20)21-17(3,4)5/h6-10,14H,1,11H2,2-5H3,(H,18,20).